The van der Waals surface area contributed by atoms with Gasteiger partial charge in [0.2, 0.25) is 0 Å². The summed E-state index contributed by atoms with van der Waals surface area (Å²) in [4.78, 5) is 47.5. The SMILES string of the molecule is CN1C=NC2N([C@@H]3O[C@H](COP(=O)(O)OP(=O)(O)OP(=O)(O)O)C(O)C3O)C=NC2(C)C1N. The quantitative estimate of drug-likeness (QED) is 0.157. The average molecular weight is 539 g/mol. The maximum atomic E-state index is 11.9. The first-order chi connectivity index (χ1) is 15.0. The molecule has 18 nitrogen and oxygen atoms in total. The second-order valence-corrected chi connectivity index (χ2v) is 12.0. The number of rotatable bonds is 8. The van der Waals surface area contributed by atoms with Gasteiger partial charge in [-0.15, -0.1) is 0 Å². The summed E-state index contributed by atoms with van der Waals surface area (Å²) < 4.78 is 51.1. The number of nitrogens with zero attached hydrogens (tertiary/aromatic N) is 4. The van der Waals surface area contributed by atoms with Crippen LogP contribution in [-0.4, -0.2) is 108 Å². The van der Waals surface area contributed by atoms with Crippen LogP contribution in [0.2, 0.25) is 0 Å². The van der Waals surface area contributed by atoms with Crippen LogP contribution >= 0.6 is 23.5 Å². The summed E-state index contributed by atoms with van der Waals surface area (Å²) in [7, 11) is -15.0. The van der Waals surface area contributed by atoms with Crippen molar-refractivity contribution < 1.29 is 61.4 Å². The van der Waals surface area contributed by atoms with Gasteiger partial charge in [-0.05, 0) is 6.92 Å². The van der Waals surface area contributed by atoms with Crippen LogP contribution in [0.15, 0.2) is 9.98 Å². The van der Waals surface area contributed by atoms with E-state index in [2.05, 4.69) is 23.1 Å². The molecule has 3 heterocycles. The molecule has 0 aromatic heterocycles. The van der Waals surface area contributed by atoms with Gasteiger partial charge >= 0.3 is 23.5 Å². The number of phosphoric ester groups is 1. The Labute approximate surface area is 186 Å². The Balaban J connectivity index is 1.65. The molecular formula is C12H24N5O13P3. The zero-order chi connectivity index (χ0) is 25.0. The third-order valence-corrected chi connectivity index (χ3v) is 8.95. The highest BCUT2D eigenvalue weighted by molar-refractivity contribution is 7.66. The summed E-state index contributed by atoms with van der Waals surface area (Å²) in [5.41, 5.74) is 5.26. The average Bonchev–Trinajstić information content (AvgIpc) is 3.12. The Kier molecular flexibility index (Phi) is 7.31. The number of phosphoric acid groups is 3. The standard InChI is InChI=1S/C12H24N5O13P3/c1-12-10(13)16(2)4-14-11(12)17(5-15-12)9-8(19)7(18)6(28-9)3-27-32(23,24)30-33(25,26)29-31(20,21)22/h4-11,18-19H,3,13H2,1-2H3,(H,23,24)(H,25,26)(H2,20,21,22)/t6-,7?,8?,9-,10?,11?,12?/m1/s1. The van der Waals surface area contributed by atoms with Crippen molar-refractivity contribution in [1.29, 1.82) is 0 Å². The van der Waals surface area contributed by atoms with Crippen LogP contribution in [0.4, 0.5) is 0 Å². The van der Waals surface area contributed by atoms with E-state index >= 15 is 0 Å². The van der Waals surface area contributed by atoms with E-state index in [1.807, 2.05) is 0 Å². The molecule has 0 saturated carbocycles. The van der Waals surface area contributed by atoms with E-state index in [0.29, 0.717) is 0 Å². The Morgan fingerprint density at radius 1 is 1.09 bits per heavy atom. The van der Waals surface area contributed by atoms with E-state index in [4.69, 9.17) is 25.2 Å². The van der Waals surface area contributed by atoms with E-state index in [1.54, 1.807) is 18.9 Å². The van der Waals surface area contributed by atoms with Gasteiger partial charge in [0.05, 0.1) is 19.3 Å². The lowest BCUT2D eigenvalue weighted by Gasteiger charge is -2.44. The van der Waals surface area contributed by atoms with Crippen molar-refractivity contribution in [2.24, 2.45) is 15.7 Å². The summed E-state index contributed by atoms with van der Waals surface area (Å²) in [6.07, 6.45) is -4.31. The van der Waals surface area contributed by atoms with Gasteiger partial charge in [-0.3, -0.25) is 9.52 Å². The lowest BCUT2D eigenvalue weighted by molar-refractivity contribution is -0.0855. The normalized spacial score (nSPS) is 40.0. The number of aliphatic hydroxyl groups is 2. The van der Waals surface area contributed by atoms with Crippen LogP contribution in [-0.2, 0) is 31.6 Å². The molecule has 3 rings (SSSR count). The van der Waals surface area contributed by atoms with Crippen molar-refractivity contribution in [3.63, 3.8) is 0 Å². The van der Waals surface area contributed by atoms with Crippen LogP contribution < -0.4 is 5.73 Å². The van der Waals surface area contributed by atoms with Crippen LogP contribution in [0.1, 0.15) is 6.92 Å². The number of aliphatic hydroxyl groups excluding tert-OH is 2. The largest absolute Gasteiger partial charge is 0.490 e. The van der Waals surface area contributed by atoms with Crippen LogP contribution in [0.25, 0.3) is 0 Å². The number of ether oxygens (including phenoxy) is 1. The number of likely N-dealkylation sites (N-methyl/N-ethyl adjacent to an activating group) is 1. The van der Waals surface area contributed by atoms with E-state index < -0.39 is 72.5 Å². The summed E-state index contributed by atoms with van der Waals surface area (Å²) in [6, 6.07) is 0. The summed E-state index contributed by atoms with van der Waals surface area (Å²) in [5, 5.41) is 20.7. The van der Waals surface area contributed by atoms with Crippen LogP contribution in [0, 0.1) is 0 Å². The second-order valence-electron chi connectivity index (χ2n) is 7.60. The minimum atomic E-state index is -5.70. The van der Waals surface area contributed by atoms with Gasteiger partial charge in [0.25, 0.3) is 0 Å². The molecule has 21 heteroatoms. The second kappa shape index (κ2) is 9.00. The number of hydrogen-bond acceptors (Lipinski definition) is 14. The molecule has 1 fully saturated rings. The Morgan fingerprint density at radius 2 is 1.73 bits per heavy atom. The molecule has 3 aliphatic heterocycles. The molecule has 3 aliphatic rings. The van der Waals surface area contributed by atoms with Gasteiger partial charge < -0.3 is 50.1 Å². The van der Waals surface area contributed by atoms with E-state index in [9.17, 15) is 28.8 Å². The van der Waals surface area contributed by atoms with Gasteiger partial charge in [-0.1, -0.05) is 0 Å². The molecule has 7 unspecified atom stereocenters. The van der Waals surface area contributed by atoms with Gasteiger partial charge in [-0.25, -0.2) is 18.7 Å². The van der Waals surface area contributed by atoms with Crippen molar-refractivity contribution in [2.75, 3.05) is 13.7 Å². The van der Waals surface area contributed by atoms with Crippen LogP contribution in [0.5, 0.6) is 0 Å². The molecule has 9 atom stereocenters. The van der Waals surface area contributed by atoms with Gasteiger partial charge in [-0.2, -0.15) is 8.62 Å². The first-order valence-corrected chi connectivity index (χ1v) is 13.6. The number of nitrogens with two attached hydrogens (primary N) is 1. The fraction of sp³-hybridized carbons (Fsp3) is 0.833. The molecule has 33 heavy (non-hydrogen) atoms. The first kappa shape index (κ1) is 26.8. The number of aliphatic imine (C=N–C) groups is 2. The molecule has 0 aromatic carbocycles. The summed E-state index contributed by atoms with van der Waals surface area (Å²) >= 11 is 0. The van der Waals surface area contributed by atoms with E-state index in [0.717, 1.165) is 0 Å². The molecule has 0 aromatic rings. The maximum Gasteiger partial charge on any atom is 0.490 e. The van der Waals surface area contributed by atoms with Crippen molar-refractivity contribution in [2.45, 2.75) is 49.3 Å². The molecule has 0 bridgehead atoms. The zero-order valence-corrected chi connectivity index (χ0v) is 19.8. The molecule has 1 saturated heterocycles. The fourth-order valence-corrected chi connectivity index (χ4v) is 6.55. The maximum absolute atomic E-state index is 11.9. The van der Waals surface area contributed by atoms with E-state index in [-0.39, 0.29) is 0 Å². The molecule has 8 N–H and O–H groups in total. The minimum absolute atomic E-state index is 0.564. The van der Waals surface area contributed by atoms with Gasteiger partial charge in [0.1, 0.15) is 30.0 Å². The molecular weight excluding hydrogens is 515 g/mol. The molecule has 0 spiro atoms. The fourth-order valence-electron chi connectivity index (χ4n) is 3.52. The highest BCUT2D eigenvalue weighted by atomic mass is 31.3. The third kappa shape index (κ3) is 5.72. The highest BCUT2D eigenvalue weighted by Crippen LogP contribution is 2.66. The predicted molar refractivity (Wildman–Crippen MR) is 107 cm³/mol. The van der Waals surface area contributed by atoms with E-state index in [1.165, 1.54) is 17.6 Å². The molecule has 0 amide bonds. The summed E-state index contributed by atoms with van der Waals surface area (Å²) in [5.74, 6) is 0. The Bertz CT molecular complexity index is 961. The third-order valence-electron chi connectivity index (χ3n) is 5.15. The molecule has 0 aliphatic carbocycles. The monoisotopic (exact) mass is 539 g/mol. The number of hydrogen-bond donors (Lipinski definition) is 7. The summed E-state index contributed by atoms with van der Waals surface area (Å²) in [6.45, 7) is 0.799. The highest BCUT2D eigenvalue weighted by Gasteiger charge is 2.56. The van der Waals surface area contributed by atoms with Crippen molar-refractivity contribution >= 4 is 36.1 Å². The van der Waals surface area contributed by atoms with Gasteiger partial charge in [0.15, 0.2) is 12.4 Å². The lowest BCUT2D eigenvalue weighted by Crippen LogP contribution is -2.64. The molecule has 190 valence electrons. The van der Waals surface area contributed by atoms with Crippen LogP contribution in [0.3, 0.4) is 0 Å². The van der Waals surface area contributed by atoms with Crippen molar-refractivity contribution in [1.82, 2.24) is 9.80 Å². The molecule has 0 radical (unpaired) electrons. The smallest absolute Gasteiger partial charge is 0.387 e. The first-order valence-electron chi connectivity index (χ1n) is 9.09. The lowest BCUT2D eigenvalue weighted by atomic mass is 9.93. The van der Waals surface area contributed by atoms with Crippen molar-refractivity contribution in [3.05, 3.63) is 0 Å². The Hall–Kier alpha value is -0.810. The minimum Gasteiger partial charge on any atom is -0.387 e. The number of fused-ring (bicyclic) bond motifs is 1. The predicted octanol–water partition coefficient (Wildman–Crippen LogP) is -2.54. The van der Waals surface area contributed by atoms with Crippen molar-refractivity contribution in [3.8, 4) is 0 Å². The zero-order valence-electron chi connectivity index (χ0n) is 17.1. The topological polar surface area (TPSA) is 267 Å². The Morgan fingerprint density at radius 3 is 2.33 bits per heavy atom. The van der Waals surface area contributed by atoms with Gasteiger partial charge in [0, 0.05) is 7.05 Å².